The Labute approximate surface area is 129 Å². The molecule has 1 rings (SSSR count). The lowest BCUT2D eigenvalue weighted by molar-refractivity contribution is 0.0491. The highest BCUT2D eigenvalue weighted by Crippen LogP contribution is 2.29. The standard InChI is InChI=1S/C15H32N6/c1-7-15(8-2,21(10-4)11-5)13(16-9-3)12-14-17-19-20(6)18-14/h13,16H,7-12H2,1-6H3. The van der Waals surface area contributed by atoms with E-state index < -0.39 is 0 Å². The lowest BCUT2D eigenvalue weighted by Crippen LogP contribution is -2.61. The molecule has 122 valence electrons. The Hall–Kier alpha value is -1.01. The summed E-state index contributed by atoms with van der Waals surface area (Å²) in [5.41, 5.74) is 0.138. The average molecular weight is 296 g/mol. The minimum absolute atomic E-state index is 0.138. The van der Waals surface area contributed by atoms with Gasteiger partial charge in [-0.3, -0.25) is 4.90 Å². The predicted octanol–water partition coefficient (Wildman–Crippen LogP) is 1.63. The Morgan fingerprint density at radius 3 is 2.14 bits per heavy atom. The van der Waals surface area contributed by atoms with Crippen LogP contribution in [0.3, 0.4) is 0 Å². The number of aromatic nitrogens is 4. The van der Waals surface area contributed by atoms with Crippen molar-refractivity contribution in [1.29, 1.82) is 0 Å². The predicted molar refractivity (Wildman–Crippen MR) is 86.2 cm³/mol. The topological polar surface area (TPSA) is 58.9 Å². The van der Waals surface area contributed by atoms with Crippen molar-refractivity contribution < 1.29 is 0 Å². The summed E-state index contributed by atoms with van der Waals surface area (Å²) in [6.45, 7) is 14.3. The molecule has 1 atom stereocenters. The second-order valence-electron chi connectivity index (χ2n) is 5.49. The van der Waals surface area contributed by atoms with E-state index in [0.717, 1.165) is 44.7 Å². The quantitative estimate of drug-likeness (QED) is 0.711. The SMILES string of the molecule is CCNC(Cc1nnn(C)n1)C(CC)(CC)N(CC)CC. The summed E-state index contributed by atoms with van der Waals surface area (Å²) >= 11 is 0. The summed E-state index contributed by atoms with van der Waals surface area (Å²) in [4.78, 5) is 4.12. The molecule has 0 saturated heterocycles. The van der Waals surface area contributed by atoms with E-state index in [-0.39, 0.29) is 5.54 Å². The number of likely N-dealkylation sites (N-methyl/N-ethyl adjacent to an activating group) is 2. The number of aryl methyl sites for hydroxylation is 1. The number of tetrazole rings is 1. The fourth-order valence-corrected chi connectivity index (χ4v) is 3.55. The molecule has 0 aliphatic rings. The Morgan fingerprint density at radius 2 is 1.76 bits per heavy atom. The van der Waals surface area contributed by atoms with Gasteiger partial charge in [0.15, 0.2) is 5.82 Å². The van der Waals surface area contributed by atoms with Gasteiger partial charge in [0, 0.05) is 18.0 Å². The highest BCUT2D eigenvalue weighted by atomic mass is 15.6. The Morgan fingerprint density at radius 1 is 1.14 bits per heavy atom. The first-order chi connectivity index (χ1) is 10.1. The van der Waals surface area contributed by atoms with Gasteiger partial charge in [0.2, 0.25) is 0 Å². The first-order valence-corrected chi connectivity index (χ1v) is 8.29. The molecule has 0 bridgehead atoms. The molecule has 0 radical (unpaired) electrons. The van der Waals surface area contributed by atoms with Gasteiger partial charge in [0.05, 0.1) is 7.05 Å². The van der Waals surface area contributed by atoms with E-state index >= 15 is 0 Å². The van der Waals surface area contributed by atoms with Gasteiger partial charge in [-0.25, -0.2) is 0 Å². The molecule has 0 saturated carbocycles. The molecule has 1 aromatic rings. The lowest BCUT2D eigenvalue weighted by Gasteiger charge is -2.48. The molecule has 0 amide bonds. The maximum absolute atomic E-state index is 4.36. The number of nitrogens with zero attached hydrogens (tertiary/aromatic N) is 5. The van der Waals surface area contributed by atoms with Crippen LogP contribution in [-0.2, 0) is 13.5 Å². The van der Waals surface area contributed by atoms with E-state index in [1.54, 1.807) is 0 Å². The third kappa shape index (κ3) is 4.01. The molecule has 1 heterocycles. The van der Waals surface area contributed by atoms with Crippen molar-refractivity contribution >= 4 is 0 Å². The number of nitrogens with one attached hydrogen (secondary N) is 1. The molecule has 1 aromatic heterocycles. The number of hydrogen-bond donors (Lipinski definition) is 1. The molecule has 1 unspecified atom stereocenters. The second-order valence-corrected chi connectivity index (χ2v) is 5.49. The highest BCUT2D eigenvalue weighted by molar-refractivity contribution is 5.02. The van der Waals surface area contributed by atoms with Crippen LogP contribution in [0.1, 0.15) is 53.3 Å². The van der Waals surface area contributed by atoms with Crippen molar-refractivity contribution in [3.63, 3.8) is 0 Å². The third-order valence-corrected chi connectivity index (χ3v) is 4.65. The van der Waals surface area contributed by atoms with Crippen molar-refractivity contribution in [3.05, 3.63) is 5.82 Å². The fourth-order valence-electron chi connectivity index (χ4n) is 3.55. The van der Waals surface area contributed by atoms with Gasteiger partial charge >= 0.3 is 0 Å². The zero-order valence-electron chi connectivity index (χ0n) is 14.6. The van der Waals surface area contributed by atoms with E-state index in [9.17, 15) is 0 Å². The van der Waals surface area contributed by atoms with E-state index in [0.29, 0.717) is 6.04 Å². The molecule has 21 heavy (non-hydrogen) atoms. The van der Waals surface area contributed by atoms with Gasteiger partial charge in [-0.2, -0.15) is 4.80 Å². The molecular formula is C15H32N6. The van der Waals surface area contributed by atoms with Gasteiger partial charge in [0.1, 0.15) is 0 Å². The molecule has 0 spiro atoms. The summed E-state index contributed by atoms with van der Waals surface area (Å²) in [5, 5.41) is 16.2. The zero-order valence-corrected chi connectivity index (χ0v) is 14.6. The van der Waals surface area contributed by atoms with Crippen molar-refractivity contribution in [3.8, 4) is 0 Å². The average Bonchev–Trinajstić information content (AvgIpc) is 2.90. The van der Waals surface area contributed by atoms with Gasteiger partial charge in [-0.15, -0.1) is 10.2 Å². The second kappa shape index (κ2) is 8.44. The molecule has 1 N–H and O–H groups in total. The summed E-state index contributed by atoms with van der Waals surface area (Å²) in [7, 11) is 1.82. The molecule has 6 nitrogen and oxygen atoms in total. The van der Waals surface area contributed by atoms with Crippen molar-refractivity contribution in [2.75, 3.05) is 19.6 Å². The minimum atomic E-state index is 0.138. The smallest absolute Gasteiger partial charge is 0.176 e. The Balaban J connectivity index is 3.06. The van der Waals surface area contributed by atoms with Crippen LogP contribution in [0.5, 0.6) is 0 Å². The van der Waals surface area contributed by atoms with Crippen LogP contribution >= 0.6 is 0 Å². The summed E-state index contributed by atoms with van der Waals surface area (Å²) in [5.74, 6) is 0.821. The molecular weight excluding hydrogens is 264 g/mol. The van der Waals surface area contributed by atoms with Crippen LogP contribution in [-0.4, -0.2) is 56.3 Å². The zero-order chi connectivity index (χ0) is 15.9. The molecule has 0 aliphatic carbocycles. The van der Waals surface area contributed by atoms with Gasteiger partial charge in [-0.1, -0.05) is 34.6 Å². The monoisotopic (exact) mass is 296 g/mol. The normalized spacial score (nSPS) is 13.9. The first-order valence-electron chi connectivity index (χ1n) is 8.29. The van der Waals surface area contributed by atoms with Crippen molar-refractivity contribution in [2.24, 2.45) is 7.05 Å². The molecule has 6 heteroatoms. The molecule has 0 fully saturated rings. The third-order valence-electron chi connectivity index (χ3n) is 4.65. The highest BCUT2D eigenvalue weighted by Gasteiger charge is 2.40. The lowest BCUT2D eigenvalue weighted by atomic mass is 9.80. The largest absolute Gasteiger partial charge is 0.312 e. The van der Waals surface area contributed by atoms with Crippen molar-refractivity contribution in [1.82, 2.24) is 30.4 Å². The van der Waals surface area contributed by atoms with E-state index in [2.05, 4.69) is 60.2 Å². The Bertz CT molecular complexity index is 395. The number of hydrogen-bond acceptors (Lipinski definition) is 5. The van der Waals surface area contributed by atoms with Crippen LogP contribution < -0.4 is 5.32 Å². The van der Waals surface area contributed by atoms with Gasteiger partial charge in [0.25, 0.3) is 0 Å². The van der Waals surface area contributed by atoms with Crippen LogP contribution in [0.15, 0.2) is 0 Å². The number of rotatable bonds is 10. The summed E-state index contributed by atoms with van der Waals surface area (Å²) in [6.07, 6.45) is 3.05. The van der Waals surface area contributed by atoms with Crippen LogP contribution in [0, 0.1) is 0 Å². The van der Waals surface area contributed by atoms with E-state index in [4.69, 9.17) is 0 Å². The minimum Gasteiger partial charge on any atom is -0.312 e. The molecule has 0 aliphatic heterocycles. The maximum Gasteiger partial charge on any atom is 0.176 e. The first kappa shape index (κ1) is 18.0. The van der Waals surface area contributed by atoms with Crippen LogP contribution in [0.4, 0.5) is 0 Å². The maximum atomic E-state index is 4.36. The van der Waals surface area contributed by atoms with E-state index in [1.165, 1.54) is 4.80 Å². The van der Waals surface area contributed by atoms with Crippen LogP contribution in [0.2, 0.25) is 0 Å². The van der Waals surface area contributed by atoms with Gasteiger partial charge in [-0.05, 0) is 37.7 Å². The molecule has 0 aromatic carbocycles. The summed E-state index contributed by atoms with van der Waals surface area (Å²) in [6, 6.07) is 0.335. The van der Waals surface area contributed by atoms with Gasteiger partial charge < -0.3 is 5.32 Å². The van der Waals surface area contributed by atoms with Crippen molar-refractivity contribution in [2.45, 2.75) is 65.5 Å². The fraction of sp³-hybridized carbons (Fsp3) is 0.933. The van der Waals surface area contributed by atoms with Crippen LogP contribution in [0.25, 0.3) is 0 Å². The Kier molecular flexibility index (Phi) is 7.25. The van der Waals surface area contributed by atoms with E-state index in [1.807, 2.05) is 7.05 Å². The summed E-state index contributed by atoms with van der Waals surface area (Å²) < 4.78 is 0.